The van der Waals surface area contributed by atoms with Crippen molar-refractivity contribution in [2.24, 2.45) is 0 Å². The first-order valence-corrected chi connectivity index (χ1v) is 8.53. The molecule has 0 fully saturated rings. The summed E-state index contributed by atoms with van der Waals surface area (Å²) in [6.07, 6.45) is 0. The molecule has 6 nitrogen and oxygen atoms in total. The molecule has 0 heterocycles. The monoisotopic (exact) mass is 380 g/mol. The molecular weight excluding hydrogens is 367 g/mol. The molecule has 0 bridgehead atoms. The van der Waals surface area contributed by atoms with Crippen LogP contribution in [0.3, 0.4) is 0 Å². The largest absolute Gasteiger partial charge is 0.466 e. The van der Waals surface area contributed by atoms with Gasteiger partial charge in [0.2, 0.25) is 0 Å². The molecule has 1 aromatic rings. The number of methoxy groups -OCH3 is 2. The van der Waals surface area contributed by atoms with Crippen LogP contribution in [-0.4, -0.2) is 39.3 Å². The van der Waals surface area contributed by atoms with Crippen LogP contribution in [0.5, 0.6) is 0 Å². The Morgan fingerprint density at radius 1 is 1.04 bits per heavy atom. The van der Waals surface area contributed by atoms with Gasteiger partial charge in [0.05, 0.1) is 24.7 Å². The second kappa shape index (κ2) is 7.81. The fourth-order valence-corrected chi connectivity index (χ4v) is 3.76. The number of hydrogen-bond donors (Lipinski definition) is 0. The maximum atomic E-state index is 12.5. The molecule has 0 saturated heterocycles. The lowest BCUT2D eigenvalue weighted by Crippen LogP contribution is -2.26. The Morgan fingerprint density at radius 3 is 1.96 bits per heavy atom. The highest BCUT2D eigenvalue weighted by Crippen LogP contribution is 2.29. The number of carbonyl (C=O) groups is 2. The lowest BCUT2D eigenvalue weighted by atomic mass is 10.2. The van der Waals surface area contributed by atoms with Crippen LogP contribution < -0.4 is 0 Å². The molecule has 1 aromatic carbocycles. The van der Waals surface area contributed by atoms with Gasteiger partial charge in [-0.15, -0.1) is 0 Å². The summed E-state index contributed by atoms with van der Waals surface area (Å²) in [4.78, 5) is 23.2. The second-order valence-electron chi connectivity index (χ2n) is 4.38. The van der Waals surface area contributed by atoms with Gasteiger partial charge in [0.15, 0.2) is 14.5 Å². The Bertz CT molecular complexity index is 737. The van der Waals surface area contributed by atoms with Gasteiger partial charge >= 0.3 is 11.9 Å². The van der Waals surface area contributed by atoms with Gasteiger partial charge in [0.25, 0.3) is 0 Å². The number of halogens is 2. The van der Waals surface area contributed by atoms with Crippen LogP contribution in [0.1, 0.15) is 5.56 Å². The SMILES string of the molecule is COC(=O)/C(Cl)=C(\C(=O)OC)C(Cl)S(=O)(=O)c1ccc(C)cc1. The van der Waals surface area contributed by atoms with Crippen LogP contribution in [0.25, 0.3) is 0 Å². The van der Waals surface area contributed by atoms with Crippen LogP contribution in [0.15, 0.2) is 39.8 Å². The fourth-order valence-electron chi connectivity index (χ4n) is 1.59. The highest BCUT2D eigenvalue weighted by Gasteiger charge is 2.37. The van der Waals surface area contributed by atoms with Crippen molar-refractivity contribution < 1.29 is 27.5 Å². The maximum Gasteiger partial charge on any atom is 0.350 e. The molecule has 1 unspecified atom stereocenters. The van der Waals surface area contributed by atoms with Gasteiger partial charge in [0, 0.05) is 0 Å². The van der Waals surface area contributed by atoms with E-state index in [1.807, 2.05) is 0 Å². The first kappa shape index (κ1) is 19.5. The van der Waals surface area contributed by atoms with E-state index >= 15 is 0 Å². The van der Waals surface area contributed by atoms with E-state index in [9.17, 15) is 18.0 Å². The number of esters is 2. The normalized spacial score (nSPS) is 13.8. The Balaban J connectivity index is 3.45. The molecule has 0 radical (unpaired) electrons. The lowest BCUT2D eigenvalue weighted by molar-refractivity contribution is -0.138. The molecule has 0 N–H and O–H groups in total. The molecule has 0 aliphatic rings. The van der Waals surface area contributed by atoms with Crippen LogP contribution in [0.4, 0.5) is 0 Å². The Labute approximate surface area is 143 Å². The summed E-state index contributed by atoms with van der Waals surface area (Å²) >= 11 is 11.7. The third-order valence-electron chi connectivity index (χ3n) is 2.86. The minimum absolute atomic E-state index is 0.126. The van der Waals surface area contributed by atoms with Crippen LogP contribution in [0, 0.1) is 6.92 Å². The lowest BCUT2D eigenvalue weighted by Gasteiger charge is -2.15. The van der Waals surface area contributed by atoms with E-state index in [2.05, 4.69) is 9.47 Å². The third-order valence-corrected chi connectivity index (χ3v) is 5.84. The minimum Gasteiger partial charge on any atom is -0.466 e. The van der Waals surface area contributed by atoms with Gasteiger partial charge in [-0.1, -0.05) is 40.9 Å². The topological polar surface area (TPSA) is 86.7 Å². The summed E-state index contributed by atoms with van der Waals surface area (Å²) in [5.74, 6) is -2.24. The van der Waals surface area contributed by atoms with Crippen molar-refractivity contribution in [3.8, 4) is 0 Å². The second-order valence-corrected chi connectivity index (χ2v) is 7.49. The maximum absolute atomic E-state index is 12.5. The van der Waals surface area contributed by atoms with Gasteiger partial charge in [-0.05, 0) is 19.1 Å². The summed E-state index contributed by atoms with van der Waals surface area (Å²) < 4.78 is 32.0. The predicted octanol–water partition coefficient (Wildman–Crippen LogP) is 2.17. The van der Waals surface area contributed by atoms with E-state index in [0.717, 1.165) is 19.8 Å². The Kier molecular flexibility index (Phi) is 6.61. The van der Waals surface area contributed by atoms with E-state index in [-0.39, 0.29) is 4.90 Å². The predicted molar refractivity (Wildman–Crippen MR) is 84.9 cm³/mol. The molecule has 0 aromatic heterocycles. The van der Waals surface area contributed by atoms with E-state index in [1.54, 1.807) is 19.1 Å². The Hall–Kier alpha value is -1.57. The molecule has 9 heteroatoms. The minimum atomic E-state index is -4.18. The molecule has 1 rings (SSSR count). The summed E-state index contributed by atoms with van der Waals surface area (Å²) in [6, 6.07) is 5.81. The summed E-state index contributed by atoms with van der Waals surface area (Å²) in [5, 5.41) is -0.755. The summed E-state index contributed by atoms with van der Waals surface area (Å²) in [6.45, 7) is 1.78. The smallest absolute Gasteiger partial charge is 0.350 e. The van der Waals surface area contributed by atoms with Crippen molar-refractivity contribution in [1.29, 1.82) is 0 Å². The average molecular weight is 381 g/mol. The fraction of sp³-hybridized carbons (Fsp3) is 0.286. The Morgan fingerprint density at radius 2 is 1.52 bits per heavy atom. The van der Waals surface area contributed by atoms with Crippen LogP contribution in [0.2, 0.25) is 0 Å². The molecule has 0 spiro atoms. The first-order valence-electron chi connectivity index (χ1n) is 6.17. The molecule has 126 valence electrons. The molecular formula is C14H14Cl2O6S. The third kappa shape index (κ3) is 4.25. The average Bonchev–Trinajstić information content (AvgIpc) is 2.53. The van der Waals surface area contributed by atoms with Gasteiger partial charge in [-0.3, -0.25) is 0 Å². The van der Waals surface area contributed by atoms with Crippen molar-refractivity contribution in [2.45, 2.75) is 16.5 Å². The zero-order valence-electron chi connectivity index (χ0n) is 12.5. The number of rotatable bonds is 5. The molecule has 0 amide bonds. The van der Waals surface area contributed by atoms with Crippen LogP contribution >= 0.6 is 23.2 Å². The molecule has 0 saturated carbocycles. The van der Waals surface area contributed by atoms with Gasteiger partial charge in [0.1, 0.15) is 5.03 Å². The number of alkyl halides is 1. The van der Waals surface area contributed by atoms with Crippen molar-refractivity contribution in [3.63, 3.8) is 0 Å². The zero-order valence-corrected chi connectivity index (χ0v) is 14.8. The van der Waals surface area contributed by atoms with Crippen molar-refractivity contribution in [1.82, 2.24) is 0 Å². The number of aryl methyl sites for hydroxylation is 1. The standard InChI is InChI=1S/C14H14Cl2O6S/c1-8-4-6-9(7-5-8)23(19,20)12(16)10(13(17)21-2)11(15)14(18)22-3/h4-7,12H,1-3H3/b11-10+. The summed E-state index contributed by atoms with van der Waals surface area (Å²) in [5.41, 5.74) is 0.134. The van der Waals surface area contributed by atoms with E-state index < -0.39 is 37.1 Å². The molecule has 0 aliphatic carbocycles. The van der Waals surface area contributed by atoms with Crippen molar-refractivity contribution in [2.75, 3.05) is 14.2 Å². The molecule has 1 atom stereocenters. The molecule has 0 aliphatic heterocycles. The number of carbonyl (C=O) groups excluding carboxylic acids is 2. The number of ether oxygens (including phenoxy) is 2. The highest BCUT2D eigenvalue weighted by molar-refractivity contribution is 7.93. The highest BCUT2D eigenvalue weighted by atomic mass is 35.5. The molecule has 23 heavy (non-hydrogen) atoms. The number of benzene rings is 1. The van der Waals surface area contributed by atoms with Crippen molar-refractivity contribution >= 4 is 45.0 Å². The summed E-state index contributed by atoms with van der Waals surface area (Å²) in [7, 11) is -2.15. The quantitative estimate of drug-likeness (QED) is 0.441. The number of sulfone groups is 1. The van der Waals surface area contributed by atoms with Crippen LogP contribution in [-0.2, 0) is 28.9 Å². The zero-order chi connectivity index (χ0) is 17.8. The van der Waals surface area contributed by atoms with E-state index in [4.69, 9.17) is 23.2 Å². The van der Waals surface area contributed by atoms with Gasteiger partial charge < -0.3 is 9.47 Å². The van der Waals surface area contributed by atoms with E-state index in [1.165, 1.54) is 12.1 Å². The van der Waals surface area contributed by atoms with Gasteiger partial charge in [-0.25, -0.2) is 18.0 Å². The number of hydrogen-bond acceptors (Lipinski definition) is 6. The van der Waals surface area contributed by atoms with E-state index in [0.29, 0.717) is 0 Å². The van der Waals surface area contributed by atoms with Gasteiger partial charge in [-0.2, -0.15) is 0 Å². The first-order chi connectivity index (χ1) is 10.7. The van der Waals surface area contributed by atoms with Crippen molar-refractivity contribution in [3.05, 3.63) is 40.4 Å².